The number of anilines is 1. The number of hydrogen-bond acceptors (Lipinski definition) is 6. The summed E-state index contributed by atoms with van der Waals surface area (Å²) in [5.74, 6) is 1.04. The van der Waals surface area contributed by atoms with E-state index in [1.165, 1.54) is 0 Å². The summed E-state index contributed by atoms with van der Waals surface area (Å²) in [6.45, 7) is 0. The van der Waals surface area contributed by atoms with Crippen molar-refractivity contribution in [3.8, 4) is 5.75 Å². The SMILES string of the molecule is COc1ccc(C=NNC2=NC(c3ccc(N(C)C)cc3)CC(=O)N2)cc1. The first-order valence-corrected chi connectivity index (χ1v) is 8.63. The molecule has 1 atom stereocenters. The van der Waals surface area contributed by atoms with Gasteiger partial charge in [0.2, 0.25) is 11.9 Å². The van der Waals surface area contributed by atoms with E-state index in [4.69, 9.17) is 4.74 Å². The van der Waals surface area contributed by atoms with Crippen LogP contribution in [0.15, 0.2) is 58.6 Å². The van der Waals surface area contributed by atoms with Crippen LogP contribution in [-0.4, -0.2) is 39.3 Å². The molecule has 2 N–H and O–H groups in total. The van der Waals surface area contributed by atoms with E-state index in [-0.39, 0.29) is 11.9 Å². The molecule has 2 aromatic carbocycles. The standard InChI is InChI=1S/C20H23N5O2/c1-25(2)16-8-6-15(7-9-16)18-12-19(26)23-20(22-18)24-21-13-14-4-10-17(27-3)11-5-14/h4-11,13,18H,12H2,1-3H3,(H2,22,23,24,26). The van der Waals surface area contributed by atoms with Crippen molar-refractivity contribution in [1.29, 1.82) is 0 Å². The lowest BCUT2D eigenvalue weighted by atomic mass is 10.0. The molecule has 1 amide bonds. The number of rotatable bonds is 5. The predicted octanol–water partition coefficient (Wildman–Crippen LogP) is 2.30. The van der Waals surface area contributed by atoms with Gasteiger partial charge in [0.15, 0.2) is 0 Å². The second-order valence-electron chi connectivity index (χ2n) is 6.37. The van der Waals surface area contributed by atoms with Crippen molar-refractivity contribution < 1.29 is 9.53 Å². The molecule has 1 aliphatic rings. The van der Waals surface area contributed by atoms with Crippen LogP contribution in [0.1, 0.15) is 23.6 Å². The van der Waals surface area contributed by atoms with Gasteiger partial charge in [0.25, 0.3) is 0 Å². The van der Waals surface area contributed by atoms with Crippen molar-refractivity contribution in [2.45, 2.75) is 12.5 Å². The Morgan fingerprint density at radius 1 is 1.19 bits per heavy atom. The molecular weight excluding hydrogens is 342 g/mol. The first-order valence-electron chi connectivity index (χ1n) is 8.63. The van der Waals surface area contributed by atoms with E-state index in [2.05, 4.69) is 20.8 Å². The summed E-state index contributed by atoms with van der Waals surface area (Å²) in [6, 6.07) is 15.3. The molecule has 140 valence electrons. The van der Waals surface area contributed by atoms with Crippen LogP contribution < -0.4 is 20.4 Å². The summed E-state index contributed by atoms with van der Waals surface area (Å²) in [4.78, 5) is 18.6. The number of hydrazone groups is 1. The topological polar surface area (TPSA) is 78.3 Å². The summed E-state index contributed by atoms with van der Waals surface area (Å²) in [5, 5.41) is 6.86. The Kier molecular flexibility index (Phi) is 5.71. The smallest absolute Gasteiger partial charge is 0.229 e. The number of ether oxygens (including phenoxy) is 1. The second kappa shape index (κ2) is 8.35. The van der Waals surface area contributed by atoms with Crippen LogP contribution in [0.25, 0.3) is 0 Å². The molecule has 7 nitrogen and oxygen atoms in total. The van der Waals surface area contributed by atoms with E-state index in [0.717, 1.165) is 22.6 Å². The molecule has 0 saturated heterocycles. The van der Waals surface area contributed by atoms with Crippen LogP contribution in [0.3, 0.4) is 0 Å². The highest BCUT2D eigenvalue weighted by Crippen LogP contribution is 2.25. The monoisotopic (exact) mass is 365 g/mol. The third-order valence-electron chi connectivity index (χ3n) is 4.22. The molecule has 1 aliphatic heterocycles. The van der Waals surface area contributed by atoms with Gasteiger partial charge in [0.05, 0.1) is 25.8 Å². The molecule has 0 fully saturated rings. The average Bonchev–Trinajstić information content (AvgIpc) is 2.68. The summed E-state index contributed by atoms with van der Waals surface area (Å²) in [7, 11) is 5.60. The fourth-order valence-corrected chi connectivity index (χ4v) is 2.69. The number of amides is 1. The lowest BCUT2D eigenvalue weighted by Crippen LogP contribution is -2.42. The van der Waals surface area contributed by atoms with Gasteiger partial charge >= 0.3 is 0 Å². The lowest BCUT2D eigenvalue weighted by Gasteiger charge is -2.21. The van der Waals surface area contributed by atoms with E-state index in [1.54, 1.807) is 13.3 Å². The van der Waals surface area contributed by atoms with Crippen LogP contribution in [0.4, 0.5) is 5.69 Å². The summed E-state index contributed by atoms with van der Waals surface area (Å²) >= 11 is 0. The molecule has 7 heteroatoms. The molecule has 0 spiro atoms. The maximum Gasteiger partial charge on any atom is 0.229 e. The van der Waals surface area contributed by atoms with Crippen LogP contribution in [0, 0.1) is 0 Å². The van der Waals surface area contributed by atoms with E-state index in [1.807, 2.05) is 67.5 Å². The molecule has 0 aliphatic carbocycles. The molecule has 27 heavy (non-hydrogen) atoms. The minimum Gasteiger partial charge on any atom is -0.497 e. The van der Waals surface area contributed by atoms with Crippen molar-refractivity contribution in [3.05, 3.63) is 59.7 Å². The third-order valence-corrected chi connectivity index (χ3v) is 4.22. The number of aliphatic imine (C=N–C) groups is 1. The van der Waals surface area contributed by atoms with Crippen molar-refractivity contribution in [1.82, 2.24) is 10.7 Å². The highest BCUT2D eigenvalue weighted by Gasteiger charge is 2.22. The van der Waals surface area contributed by atoms with E-state index in [9.17, 15) is 4.79 Å². The number of guanidine groups is 1. The highest BCUT2D eigenvalue weighted by atomic mass is 16.5. The Hall–Kier alpha value is -3.35. The van der Waals surface area contributed by atoms with Crippen LogP contribution >= 0.6 is 0 Å². The first-order chi connectivity index (χ1) is 13.0. The Morgan fingerprint density at radius 3 is 2.52 bits per heavy atom. The minimum absolute atomic E-state index is 0.0890. The van der Waals surface area contributed by atoms with Crippen molar-refractivity contribution in [2.24, 2.45) is 10.1 Å². The fourth-order valence-electron chi connectivity index (χ4n) is 2.69. The molecule has 2 aromatic rings. The largest absolute Gasteiger partial charge is 0.497 e. The summed E-state index contributed by atoms with van der Waals surface area (Å²) in [5.41, 5.74) is 5.81. The van der Waals surface area contributed by atoms with Crippen molar-refractivity contribution >= 4 is 23.8 Å². The Balaban J connectivity index is 1.68. The van der Waals surface area contributed by atoms with Gasteiger partial charge in [-0.2, -0.15) is 5.10 Å². The zero-order valence-electron chi connectivity index (χ0n) is 15.6. The van der Waals surface area contributed by atoms with Gasteiger partial charge in [-0.1, -0.05) is 12.1 Å². The molecule has 1 unspecified atom stereocenters. The molecular formula is C20H23N5O2. The van der Waals surface area contributed by atoms with Gasteiger partial charge in [-0.05, 0) is 47.5 Å². The van der Waals surface area contributed by atoms with Crippen LogP contribution in [-0.2, 0) is 4.79 Å². The number of carbonyl (C=O) groups excluding carboxylic acids is 1. The highest BCUT2D eigenvalue weighted by molar-refractivity contribution is 5.99. The van der Waals surface area contributed by atoms with Gasteiger partial charge in [0.1, 0.15) is 5.75 Å². The Labute approximate surface area is 158 Å². The Bertz CT molecular complexity index is 842. The van der Waals surface area contributed by atoms with Gasteiger partial charge < -0.3 is 9.64 Å². The van der Waals surface area contributed by atoms with Crippen molar-refractivity contribution in [3.63, 3.8) is 0 Å². The van der Waals surface area contributed by atoms with Crippen molar-refractivity contribution in [2.75, 3.05) is 26.1 Å². The van der Waals surface area contributed by atoms with E-state index in [0.29, 0.717) is 12.4 Å². The van der Waals surface area contributed by atoms with E-state index < -0.39 is 0 Å². The first kappa shape index (κ1) is 18.4. The van der Waals surface area contributed by atoms with Gasteiger partial charge in [-0.15, -0.1) is 0 Å². The molecule has 1 heterocycles. The molecule has 0 saturated carbocycles. The quantitative estimate of drug-likeness (QED) is 0.630. The van der Waals surface area contributed by atoms with Gasteiger partial charge in [-0.3, -0.25) is 10.1 Å². The average molecular weight is 365 g/mol. The maximum atomic E-state index is 12.0. The van der Waals surface area contributed by atoms with Crippen LogP contribution in [0.2, 0.25) is 0 Å². The number of nitrogens with one attached hydrogen (secondary N) is 2. The minimum atomic E-state index is -0.228. The summed E-state index contributed by atoms with van der Waals surface area (Å²) in [6.07, 6.45) is 1.97. The third kappa shape index (κ3) is 4.84. The normalized spacial score (nSPS) is 16.6. The molecule has 3 rings (SSSR count). The summed E-state index contributed by atoms with van der Waals surface area (Å²) < 4.78 is 5.13. The van der Waals surface area contributed by atoms with E-state index >= 15 is 0 Å². The number of nitrogens with zero attached hydrogens (tertiary/aromatic N) is 3. The molecule has 0 aromatic heterocycles. The number of hydrogen-bond donors (Lipinski definition) is 2. The molecule has 0 bridgehead atoms. The Morgan fingerprint density at radius 2 is 1.89 bits per heavy atom. The molecule has 0 radical (unpaired) electrons. The van der Waals surface area contributed by atoms with Crippen LogP contribution in [0.5, 0.6) is 5.75 Å². The number of carbonyl (C=O) groups is 1. The predicted molar refractivity (Wildman–Crippen MR) is 107 cm³/mol. The zero-order valence-corrected chi connectivity index (χ0v) is 15.6. The maximum absolute atomic E-state index is 12.0. The number of methoxy groups -OCH3 is 1. The lowest BCUT2D eigenvalue weighted by molar-refractivity contribution is -0.120. The van der Waals surface area contributed by atoms with Gasteiger partial charge in [0, 0.05) is 19.8 Å². The number of benzene rings is 2. The second-order valence-corrected chi connectivity index (χ2v) is 6.37. The zero-order chi connectivity index (χ0) is 19.2. The van der Waals surface area contributed by atoms with Gasteiger partial charge in [-0.25, -0.2) is 10.4 Å². The fraction of sp³-hybridized carbons (Fsp3) is 0.250.